The van der Waals surface area contributed by atoms with E-state index in [2.05, 4.69) is 0 Å². The van der Waals surface area contributed by atoms with Crippen molar-refractivity contribution in [2.75, 3.05) is 6.54 Å². The Balaban J connectivity index is 0.00000121. The normalized spacial score (nSPS) is 20.1. The van der Waals surface area contributed by atoms with Gasteiger partial charge in [0.1, 0.15) is 0 Å². The fourth-order valence-electron chi connectivity index (χ4n) is 1.90. The third-order valence-corrected chi connectivity index (χ3v) is 2.62. The second-order valence-corrected chi connectivity index (χ2v) is 3.48. The quantitative estimate of drug-likeness (QED) is 0.712. The lowest BCUT2D eigenvalue weighted by Gasteiger charge is -2.24. The first-order valence-corrected chi connectivity index (χ1v) is 4.10. The smallest absolute Gasteiger partial charge is 0.303 e. The van der Waals surface area contributed by atoms with Crippen LogP contribution in [-0.4, -0.2) is 17.6 Å². The van der Waals surface area contributed by atoms with Crippen LogP contribution in [0.3, 0.4) is 0 Å². The standard InChI is InChI=1S/C8H15NO2.ClH/c9-6-8(5-7(10)11)3-1-2-4-8;/h1-6,9H2,(H,10,11);1H. The second-order valence-electron chi connectivity index (χ2n) is 3.48. The number of halogens is 1. The van der Waals surface area contributed by atoms with Gasteiger partial charge in [0.05, 0.1) is 6.42 Å². The molecule has 1 aliphatic rings. The van der Waals surface area contributed by atoms with E-state index < -0.39 is 5.97 Å². The third-order valence-electron chi connectivity index (χ3n) is 2.62. The highest BCUT2D eigenvalue weighted by Crippen LogP contribution is 2.39. The second kappa shape index (κ2) is 4.67. The van der Waals surface area contributed by atoms with Crippen LogP contribution in [0, 0.1) is 5.41 Å². The first kappa shape index (κ1) is 11.7. The number of carboxylic acid groups (broad SMARTS) is 1. The molecule has 0 amide bonds. The van der Waals surface area contributed by atoms with Crippen LogP contribution in [0.2, 0.25) is 0 Å². The van der Waals surface area contributed by atoms with E-state index in [0.717, 1.165) is 25.7 Å². The van der Waals surface area contributed by atoms with Gasteiger partial charge in [0, 0.05) is 0 Å². The number of hydrogen-bond donors (Lipinski definition) is 2. The zero-order valence-electron chi connectivity index (χ0n) is 7.08. The van der Waals surface area contributed by atoms with Gasteiger partial charge >= 0.3 is 5.97 Å². The number of hydrogen-bond acceptors (Lipinski definition) is 2. The fourth-order valence-corrected chi connectivity index (χ4v) is 1.90. The zero-order valence-corrected chi connectivity index (χ0v) is 7.90. The van der Waals surface area contributed by atoms with E-state index in [4.69, 9.17) is 10.8 Å². The maximum Gasteiger partial charge on any atom is 0.303 e. The minimum absolute atomic E-state index is 0. The van der Waals surface area contributed by atoms with E-state index >= 15 is 0 Å². The van der Waals surface area contributed by atoms with Crippen LogP contribution in [0.25, 0.3) is 0 Å². The molecule has 0 aromatic rings. The first-order valence-electron chi connectivity index (χ1n) is 4.10. The fraction of sp³-hybridized carbons (Fsp3) is 0.875. The topological polar surface area (TPSA) is 63.3 Å². The maximum atomic E-state index is 10.5. The van der Waals surface area contributed by atoms with Crippen LogP contribution in [0.4, 0.5) is 0 Å². The Hall–Kier alpha value is -0.280. The van der Waals surface area contributed by atoms with Crippen molar-refractivity contribution < 1.29 is 9.90 Å². The van der Waals surface area contributed by atoms with Crippen LogP contribution < -0.4 is 5.73 Å². The van der Waals surface area contributed by atoms with Gasteiger partial charge in [-0.05, 0) is 24.8 Å². The van der Waals surface area contributed by atoms with Crippen LogP contribution in [0.1, 0.15) is 32.1 Å². The van der Waals surface area contributed by atoms with Crippen LogP contribution in [0.15, 0.2) is 0 Å². The summed E-state index contributed by atoms with van der Waals surface area (Å²) in [7, 11) is 0. The van der Waals surface area contributed by atoms with Gasteiger partial charge < -0.3 is 10.8 Å². The molecule has 0 bridgehead atoms. The van der Waals surface area contributed by atoms with E-state index in [0.29, 0.717) is 6.54 Å². The molecule has 0 aliphatic heterocycles. The molecule has 0 saturated heterocycles. The molecule has 1 fully saturated rings. The molecule has 12 heavy (non-hydrogen) atoms. The van der Waals surface area contributed by atoms with Crippen molar-refractivity contribution in [2.45, 2.75) is 32.1 Å². The number of rotatable bonds is 3. The summed E-state index contributed by atoms with van der Waals surface area (Å²) in [5.41, 5.74) is 5.49. The Kier molecular flexibility index (Phi) is 4.57. The Labute approximate surface area is 78.7 Å². The number of carboxylic acids is 1. The van der Waals surface area contributed by atoms with Crippen molar-refractivity contribution in [1.29, 1.82) is 0 Å². The highest BCUT2D eigenvalue weighted by Gasteiger charge is 2.34. The molecule has 0 heterocycles. The van der Waals surface area contributed by atoms with Gasteiger partial charge in [-0.1, -0.05) is 12.8 Å². The Morgan fingerprint density at radius 1 is 1.42 bits per heavy atom. The molecule has 1 rings (SSSR count). The van der Waals surface area contributed by atoms with E-state index in [-0.39, 0.29) is 24.2 Å². The highest BCUT2D eigenvalue weighted by atomic mass is 35.5. The summed E-state index contributed by atoms with van der Waals surface area (Å²) in [5, 5.41) is 8.61. The summed E-state index contributed by atoms with van der Waals surface area (Å²) in [6, 6.07) is 0. The summed E-state index contributed by atoms with van der Waals surface area (Å²) in [6.07, 6.45) is 4.53. The van der Waals surface area contributed by atoms with Crippen LogP contribution in [-0.2, 0) is 4.79 Å². The minimum atomic E-state index is -0.711. The molecule has 1 aliphatic carbocycles. The molecule has 0 atom stereocenters. The Bertz CT molecular complexity index is 155. The average molecular weight is 194 g/mol. The molecular formula is C8H16ClNO2. The summed E-state index contributed by atoms with van der Waals surface area (Å²) in [6.45, 7) is 0.527. The van der Waals surface area contributed by atoms with Gasteiger partial charge in [0.2, 0.25) is 0 Å². The Morgan fingerprint density at radius 3 is 2.25 bits per heavy atom. The first-order chi connectivity index (χ1) is 5.18. The van der Waals surface area contributed by atoms with Crippen molar-refractivity contribution in [3.8, 4) is 0 Å². The summed E-state index contributed by atoms with van der Waals surface area (Å²) in [5.74, 6) is -0.711. The Morgan fingerprint density at radius 2 is 1.92 bits per heavy atom. The molecule has 3 N–H and O–H groups in total. The number of aliphatic carboxylic acids is 1. The molecule has 0 radical (unpaired) electrons. The van der Waals surface area contributed by atoms with Crippen molar-refractivity contribution in [3.05, 3.63) is 0 Å². The number of carbonyl (C=O) groups is 1. The van der Waals surface area contributed by atoms with Crippen molar-refractivity contribution in [2.24, 2.45) is 11.1 Å². The molecule has 0 spiro atoms. The van der Waals surface area contributed by atoms with Crippen LogP contribution in [0.5, 0.6) is 0 Å². The molecule has 3 nitrogen and oxygen atoms in total. The summed E-state index contributed by atoms with van der Waals surface area (Å²) in [4.78, 5) is 10.5. The average Bonchev–Trinajstić information content (AvgIpc) is 2.36. The van der Waals surface area contributed by atoms with Gasteiger partial charge in [-0.15, -0.1) is 12.4 Å². The predicted octanol–water partition coefficient (Wildman–Crippen LogP) is 1.40. The molecule has 1 saturated carbocycles. The van der Waals surface area contributed by atoms with E-state index in [1.54, 1.807) is 0 Å². The molecule has 72 valence electrons. The van der Waals surface area contributed by atoms with Gasteiger partial charge in [-0.3, -0.25) is 4.79 Å². The number of nitrogens with two attached hydrogens (primary N) is 1. The molecule has 0 unspecified atom stereocenters. The van der Waals surface area contributed by atoms with E-state index in [1.165, 1.54) is 0 Å². The predicted molar refractivity (Wildman–Crippen MR) is 49.5 cm³/mol. The van der Waals surface area contributed by atoms with E-state index in [1.807, 2.05) is 0 Å². The molecule has 0 aromatic heterocycles. The van der Waals surface area contributed by atoms with Gasteiger partial charge in [-0.25, -0.2) is 0 Å². The summed E-state index contributed by atoms with van der Waals surface area (Å²) >= 11 is 0. The van der Waals surface area contributed by atoms with Crippen molar-refractivity contribution >= 4 is 18.4 Å². The monoisotopic (exact) mass is 193 g/mol. The summed E-state index contributed by atoms with van der Waals surface area (Å²) < 4.78 is 0. The van der Waals surface area contributed by atoms with Gasteiger partial charge in [0.25, 0.3) is 0 Å². The third kappa shape index (κ3) is 2.64. The highest BCUT2D eigenvalue weighted by molar-refractivity contribution is 5.85. The van der Waals surface area contributed by atoms with Crippen molar-refractivity contribution in [3.63, 3.8) is 0 Å². The van der Waals surface area contributed by atoms with E-state index in [9.17, 15) is 4.79 Å². The van der Waals surface area contributed by atoms with Crippen molar-refractivity contribution in [1.82, 2.24) is 0 Å². The maximum absolute atomic E-state index is 10.5. The lowest BCUT2D eigenvalue weighted by atomic mass is 9.83. The van der Waals surface area contributed by atoms with Gasteiger partial charge in [0.15, 0.2) is 0 Å². The largest absolute Gasteiger partial charge is 0.481 e. The van der Waals surface area contributed by atoms with Gasteiger partial charge in [-0.2, -0.15) is 0 Å². The minimum Gasteiger partial charge on any atom is -0.481 e. The lowest BCUT2D eigenvalue weighted by Crippen LogP contribution is -2.29. The SMILES string of the molecule is Cl.NCC1(CC(=O)O)CCCC1. The molecule has 0 aromatic carbocycles. The zero-order chi connectivity index (χ0) is 8.32. The molecular weight excluding hydrogens is 178 g/mol. The molecule has 4 heteroatoms. The van der Waals surface area contributed by atoms with Crippen LogP contribution >= 0.6 is 12.4 Å². The lowest BCUT2D eigenvalue weighted by molar-refractivity contribution is -0.139.